The molecule has 1 heterocycles. The van der Waals surface area contributed by atoms with Gasteiger partial charge in [-0.3, -0.25) is 4.98 Å². The van der Waals surface area contributed by atoms with Crippen molar-refractivity contribution in [2.24, 2.45) is 0 Å². The van der Waals surface area contributed by atoms with Crippen LogP contribution in [0.4, 0.5) is 0 Å². The van der Waals surface area contributed by atoms with Gasteiger partial charge in [-0.2, -0.15) is 0 Å². The molecule has 0 atom stereocenters. The van der Waals surface area contributed by atoms with Crippen LogP contribution in [0, 0.1) is 0 Å². The van der Waals surface area contributed by atoms with Gasteiger partial charge in [0.15, 0.2) is 0 Å². The van der Waals surface area contributed by atoms with E-state index < -0.39 is 0 Å². The molecule has 13 heavy (non-hydrogen) atoms. The second kappa shape index (κ2) is 3.67. The fraction of sp³-hybridized carbons (Fsp3) is 0. The third-order valence-electron chi connectivity index (χ3n) is 1.55. The Morgan fingerprint density at radius 2 is 1.69 bits per heavy atom. The quantitative estimate of drug-likeness (QED) is 0.638. The Balaban J connectivity index is 2.16. The van der Waals surface area contributed by atoms with Crippen molar-refractivity contribution in [1.82, 2.24) is 4.98 Å². The number of benzene rings is 1. The van der Waals surface area contributed by atoms with Crippen LogP contribution in [0.3, 0.4) is 0 Å². The average Bonchev–Trinajstić information content (AvgIpc) is 2.21. The van der Waals surface area contributed by atoms with Gasteiger partial charge >= 0.3 is 0 Å². The molecule has 0 N–H and O–H groups in total. The lowest BCUT2D eigenvalue weighted by atomic mass is 10.3. The second-order valence-corrected chi connectivity index (χ2v) is 2.51. The predicted molar refractivity (Wildman–Crippen MR) is 46.9 cm³/mol. The molecule has 1 aromatic heterocycles. The molecule has 0 aliphatic carbocycles. The standard InChI is InChI=1S/C10H9N2O/c1-2-4-10(5-3-1)13-12-8-6-11-7-9-12/h1-9H/q+1. The molecule has 0 unspecified atom stereocenters. The van der Waals surface area contributed by atoms with Crippen molar-refractivity contribution in [3.8, 4) is 5.75 Å². The summed E-state index contributed by atoms with van der Waals surface area (Å²) >= 11 is 0. The molecule has 0 amide bonds. The topological polar surface area (TPSA) is 26.0 Å². The fourth-order valence-corrected chi connectivity index (χ4v) is 0.972. The Morgan fingerprint density at radius 1 is 1.00 bits per heavy atom. The van der Waals surface area contributed by atoms with E-state index in [0.29, 0.717) is 0 Å². The molecule has 0 aliphatic rings. The van der Waals surface area contributed by atoms with Gasteiger partial charge in [0, 0.05) is 4.73 Å². The summed E-state index contributed by atoms with van der Waals surface area (Å²) in [4.78, 5) is 9.34. The second-order valence-electron chi connectivity index (χ2n) is 2.51. The highest BCUT2D eigenvalue weighted by molar-refractivity contribution is 5.19. The van der Waals surface area contributed by atoms with Crippen LogP contribution in [0.5, 0.6) is 5.75 Å². The van der Waals surface area contributed by atoms with Gasteiger partial charge in [0.2, 0.25) is 18.1 Å². The highest BCUT2D eigenvalue weighted by Crippen LogP contribution is 2.05. The molecular formula is C10H9N2O+. The van der Waals surface area contributed by atoms with Crippen molar-refractivity contribution in [1.29, 1.82) is 0 Å². The first kappa shape index (κ1) is 7.73. The van der Waals surface area contributed by atoms with Crippen molar-refractivity contribution >= 4 is 0 Å². The van der Waals surface area contributed by atoms with Crippen molar-refractivity contribution in [2.75, 3.05) is 0 Å². The van der Waals surface area contributed by atoms with E-state index in [2.05, 4.69) is 4.98 Å². The van der Waals surface area contributed by atoms with Gasteiger partial charge in [0.05, 0.1) is 12.4 Å². The van der Waals surface area contributed by atoms with E-state index in [0.717, 1.165) is 5.75 Å². The zero-order valence-electron chi connectivity index (χ0n) is 7.00. The Hall–Kier alpha value is -1.90. The number of rotatable bonds is 2. The van der Waals surface area contributed by atoms with E-state index in [4.69, 9.17) is 4.84 Å². The summed E-state index contributed by atoms with van der Waals surface area (Å²) in [5.41, 5.74) is 0. The minimum atomic E-state index is 0.804. The first-order chi connectivity index (χ1) is 6.45. The Morgan fingerprint density at radius 3 is 2.38 bits per heavy atom. The van der Waals surface area contributed by atoms with Crippen LogP contribution in [0.15, 0.2) is 55.1 Å². The van der Waals surface area contributed by atoms with Crippen molar-refractivity contribution in [3.63, 3.8) is 0 Å². The van der Waals surface area contributed by atoms with E-state index in [-0.39, 0.29) is 0 Å². The summed E-state index contributed by atoms with van der Waals surface area (Å²) in [6.07, 6.45) is 6.83. The summed E-state index contributed by atoms with van der Waals surface area (Å²) in [6.45, 7) is 0. The summed E-state index contributed by atoms with van der Waals surface area (Å²) < 4.78 is 1.60. The molecule has 0 bridgehead atoms. The third kappa shape index (κ3) is 2.02. The molecule has 3 heteroatoms. The minimum Gasteiger partial charge on any atom is -0.252 e. The van der Waals surface area contributed by atoms with Crippen LogP contribution in [-0.2, 0) is 0 Å². The van der Waals surface area contributed by atoms with Gasteiger partial charge in [-0.25, -0.2) is 4.84 Å². The molecule has 0 saturated heterocycles. The SMILES string of the molecule is c1ccc(O[n+]2ccncc2)cc1. The number of nitrogens with zero attached hydrogens (tertiary/aromatic N) is 2. The highest BCUT2D eigenvalue weighted by atomic mass is 16.7. The van der Waals surface area contributed by atoms with Gasteiger partial charge in [-0.1, -0.05) is 18.2 Å². The Kier molecular flexibility index (Phi) is 2.18. The molecule has 1 aromatic carbocycles. The Bertz CT molecular complexity index is 324. The van der Waals surface area contributed by atoms with E-state index in [9.17, 15) is 0 Å². The van der Waals surface area contributed by atoms with E-state index >= 15 is 0 Å². The molecule has 64 valence electrons. The number of aromatic nitrogens is 2. The largest absolute Gasteiger partial charge is 0.252 e. The summed E-state index contributed by atoms with van der Waals surface area (Å²) in [5.74, 6) is 0.804. The van der Waals surface area contributed by atoms with Crippen LogP contribution in [0.2, 0.25) is 0 Å². The smallest absolute Gasteiger partial charge is 0.241 e. The lowest BCUT2D eigenvalue weighted by Gasteiger charge is -1.95. The van der Waals surface area contributed by atoms with Crippen LogP contribution < -0.4 is 9.57 Å². The van der Waals surface area contributed by atoms with E-state index in [1.807, 2.05) is 30.3 Å². The monoisotopic (exact) mass is 173 g/mol. The lowest BCUT2D eigenvalue weighted by Crippen LogP contribution is -2.38. The molecule has 0 saturated carbocycles. The number of hydrogen-bond acceptors (Lipinski definition) is 2. The van der Waals surface area contributed by atoms with Crippen molar-refractivity contribution < 1.29 is 9.57 Å². The van der Waals surface area contributed by atoms with E-state index in [1.165, 1.54) is 0 Å². The summed E-state index contributed by atoms with van der Waals surface area (Å²) in [5, 5.41) is 0. The first-order valence-corrected chi connectivity index (χ1v) is 4.00. The van der Waals surface area contributed by atoms with Crippen molar-refractivity contribution in [3.05, 3.63) is 55.1 Å². The summed E-state index contributed by atoms with van der Waals surface area (Å²) in [6, 6.07) is 9.60. The minimum absolute atomic E-state index is 0.804. The molecular weight excluding hydrogens is 164 g/mol. The molecule has 2 rings (SSSR count). The van der Waals surface area contributed by atoms with Crippen LogP contribution >= 0.6 is 0 Å². The normalized spacial score (nSPS) is 9.54. The fourth-order valence-electron chi connectivity index (χ4n) is 0.972. The molecule has 2 aromatic rings. The first-order valence-electron chi connectivity index (χ1n) is 4.00. The lowest BCUT2D eigenvalue weighted by molar-refractivity contribution is -0.875. The molecule has 3 nitrogen and oxygen atoms in total. The predicted octanol–water partition coefficient (Wildman–Crippen LogP) is 1.21. The molecule has 0 fully saturated rings. The van der Waals surface area contributed by atoms with E-state index in [1.54, 1.807) is 29.5 Å². The van der Waals surface area contributed by atoms with Crippen LogP contribution in [-0.4, -0.2) is 4.98 Å². The summed E-state index contributed by atoms with van der Waals surface area (Å²) in [7, 11) is 0. The van der Waals surface area contributed by atoms with Gasteiger partial charge in [-0.15, -0.1) is 0 Å². The Labute approximate surface area is 76.2 Å². The number of para-hydroxylation sites is 1. The van der Waals surface area contributed by atoms with Gasteiger partial charge < -0.3 is 0 Å². The van der Waals surface area contributed by atoms with Crippen LogP contribution in [0.1, 0.15) is 0 Å². The average molecular weight is 173 g/mol. The maximum absolute atomic E-state index is 5.46. The zero-order valence-corrected chi connectivity index (χ0v) is 7.00. The third-order valence-corrected chi connectivity index (χ3v) is 1.55. The molecule has 0 spiro atoms. The van der Waals surface area contributed by atoms with Gasteiger partial charge in [0.25, 0.3) is 0 Å². The maximum atomic E-state index is 5.46. The maximum Gasteiger partial charge on any atom is 0.241 e. The number of hydrogen-bond donors (Lipinski definition) is 0. The van der Waals surface area contributed by atoms with Gasteiger partial charge in [0.1, 0.15) is 0 Å². The van der Waals surface area contributed by atoms with Gasteiger partial charge in [-0.05, 0) is 12.1 Å². The molecule has 0 radical (unpaired) electrons. The van der Waals surface area contributed by atoms with Crippen molar-refractivity contribution in [2.45, 2.75) is 0 Å². The highest BCUT2D eigenvalue weighted by Gasteiger charge is 2.00. The van der Waals surface area contributed by atoms with Crippen LogP contribution in [0.25, 0.3) is 0 Å². The zero-order chi connectivity index (χ0) is 8.93. The molecule has 0 aliphatic heterocycles.